The Kier molecular flexibility index (Phi) is 8.29. The van der Waals surface area contributed by atoms with Gasteiger partial charge in [-0.05, 0) is 37.5 Å². The molecule has 4 nitrogen and oxygen atoms in total. The fraction of sp³-hybridized carbons (Fsp3) is 0.533. The monoisotopic (exact) mass is 318 g/mol. The van der Waals surface area contributed by atoms with E-state index >= 15 is 0 Å². The average Bonchev–Trinajstić information content (AvgIpc) is 2.37. The van der Waals surface area contributed by atoms with Crippen molar-refractivity contribution in [2.24, 2.45) is 11.7 Å². The van der Waals surface area contributed by atoms with Crippen molar-refractivity contribution in [1.82, 2.24) is 5.32 Å². The highest BCUT2D eigenvalue weighted by atomic mass is 35.5. The Labute approximate surface area is 131 Å². The third-order valence-corrected chi connectivity index (χ3v) is 3.08. The van der Waals surface area contributed by atoms with Crippen LogP contribution in [0.4, 0.5) is 4.39 Å². The van der Waals surface area contributed by atoms with Crippen LogP contribution in [0, 0.1) is 11.7 Å². The number of hydrogen-bond donors (Lipinski definition) is 2. The molecule has 3 N–H and O–H groups in total. The zero-order chi connectivity index (χ0) is 15.3. The van der Waals surface area contributed by atoms with Crippen LogP contribution in [0.2, 0.25) is 0 Å². The maximum Gasteiger partial charge on any atom is 0.237 e. The molecule has 6 heteroatoms. The Morgan fingerprint density at radius 2 is 2.00 bits per heavy atom. The van der Waals surface area contributed by atoms with Crippen molar-refractivity contribution < 1.29 is 13.9 Å². The summed E-state index contributed by atoms with van der Waals surface area (Å²) in [7, 11) is 1.51. The van der Waals surface area contributed by atoms with Gasteiger partial charge in [0.2, 0.25) is 5.91 Å². The molecule has 0 saturated heterocycles. The van der Waals surface area contributed by atoms with Crippen LogP contribution in [0.15, 0.2) is 18.2 Å². The van der Waals surface area contributed by atoms with Crippen molar-refractivity contribution in [3.8, 4) is 5.75 Å². The topological polar surface area (TPSA) is 64.3 Å². The van der Waals surface area contributed by atoms with Crippen LogP contribution in [-0.4, -0.2) is 19.1 Å². The number of rotatable bonds is 6. The lowest BCUT2D eigenvalue weighted by Crippen LogP contribution is -2.42. The van der Waals surface area contributed by atoms with Gasteiger partial charge in [0.25, 0.3) is 0 Å². The lowest BCUT2D eigenvalue weighted by molar-refractivity contribution is -0.123. The highest BCUT2D eigenvalue weighted by molar-refractivity contribution is 5.85. The summed E-state index contributed by atoms with van der Waals surface area (Å²) in [5.74, 6) is 0.275. The SMILES string of the molecule is COc1ccc(F)cc1C(C)NC(=O)[C@@H](N)CC(C)C.Cl. The molecule has 0 bridgehead atoms. The van der Waals surface area contributed by atoms with Gasteiger partial charge in [-0.15, -0.1) is 12.4 Å². The summed E-state index contributed by atoms with van der Waals surface area (Å²) >= 11 is 0. The first-order valence-electron chi connectivity index (χ1n) is 6.74. The first kappa shape index (κ1) is 19.7. The number of carbonyl (C=O) groups excluding carboxylic acids is 1. The molecule has 21 heavy (non-hydrogen) atoms. The fourth-order valence-electron chi connectivity index (χ4n) is 2.06. The van der Waals surface area contributed by atoms with Gasteiger partial charge in [-0.1, -0.05) is 13.8 Å². The van der Waals surface area contributed by atoms with Crippen LogP contribution in [-0.2, 0) is 4.79 Å². The number of hydrogen-bond acceptors (Lipinski definition) is 3. The molecule has 1 aromatic carbocycles. The van der Waals surface area contributed by atoms with E-state index in [-0.39, 0.29) is 30.2 Å². The van der Waals surface area contributed by atoms with Crippen molar-refractivity contribution in [3.05, 3.63) is 29.6 Å². The van der Waals surface area contributed by atoms with Gasteiger partial charge in [0.1, 0.15) is 11.6 Å². The van der Waals surface area contributed by atoms with E-state index < -0.39 is 6.04 Å². The molecule has 120 valence electrons. The second kappa shape index (κ2) is 8.85. The standard InChI is InChI=1S/C15H23FN2O2.ClH/c1-9(2)7-13(17)15(19)18-10(3)12-8-11(16)5-6-14(12)20-4;/h5-6,8-10,13H,7,17H2,1-4H3,(H,18,19);1H/t10?,13-;/m0./s1. The number of amides is 1. The third kappa shape index (κ3) is 5.89. The Balaban J connectivity index is 0.00000400. The molecule has 0 radical (unpaired) electrons. The molecule has 1 amide bonds. The van der Waals surface area contributed by atoms with Crippen LogP contribution < -0.4 is 15.8 Å². The van der Waals surface area contributed by atoms with E-state index in [0.717, 1.165) is 0 Å². The summed E-state index contributed by atoms with van der Waals surface area (Å²) in [6.45, 7) is 5.79. The normalized spacial score (nSPS) is 13.3. The van der Waals surface area contributed by atoms with Crippen molar-refractivity contribution >= 4 is 18.3 Å². The summed E-state index contributed by atoms with van der Waals surface area (Å²) in [6, 6.07) is 3.30. The molecule has 0 aliphatic carbocycles. The molecule has 0 heterocycles. The van der Waals surface area contributed by atoms with Crippen LogP contribution in [0.3, 0.4) is 0 Å². The Morgan fingerprint density at radius 1 is 1.38 bits per heavy atom. The van der Waals surface area contributed by atoms with Gasteiger partial charge < -0.3 is 15.8 Å². The van der Waals surface area contributed by atoms with Gasteiger partial charge in [0.05, 0.1) is 19.2 Å². The van der Waals surface area contributed by atoms with Crippen molar-refractivity contribution in [2.45, 2.75) is 39.3 Å². The third-order valence-electron chi connectivity index (χ3n) is 3.08. The highest BCUT2D eigenvalue weighted by Gasteiger charge is 2.19. The van der Waals surface area contributed by atoms with E-state index in [1.807, 2.05) is 13.8 Å². The van der Waals surface area contributed by atoms with Gasteiger partial charge in [0, 0.05) is 5.56 Å². The Morgan fingerprint density at radius 3 is 2.52 bits per heavy atom. The van der Waals surface area contributed by atoms with E-state index in [9.17, 15) is 9.18 Å². The minimum atomic E-state index is -0.558. The molecular weight excluding hydrogens is 295 g/mol. The minimum Gasteiger partial charge on any atom is -0.496 e. The first-order valence-corrected chi connectivity index (χ1v) is 6.74. The number of ether oxygens (including phenoxy) is 1. The Hall–Kier alpha value is -1.33. The van der Waals surface area contributed by atoms with Gasteiger partial charge >= 0.3 is 0 Å². The number of benzene rings is 1. The van der Waals surface area contributed by atoms with Crippen LogP contribution in [0.25, 0.3) is 0 Å². The van der Waals surface area contributed by atoms with E-state index in [2.05, 4.69) is 5.32 Å². The predicted molar refractivity (Wildman–Crippen MR) is 84.2 cm³/mol. The van der Waals surface area contributed by atoms with E-state index in [1.54, 1.807) is 13.0 Å². The van der Waals surface area contributed by atoms with Crippen LogP contribution >= 0.6 is 12.4 Å². The molecule has 1 rings (SSSR count). The molecule has 1 unspecified atom stereocenters. The largest absolute Gasteiger partial charge is 0.496 e. The first-order chi connectivity index (χ1) is 9.35. The number of nitrogens with two attached hydrogens (primary N) is 1. The van der Waals surface area contributed by atoms with E-state index in [4.69, 9.17) is 10.5 Å². The van der Waals surface area contributed by atoms with Gasteiger partial charge in [-0.3, -0.25) is 4.79 Å². The molecule has 0 aromatic heterocycles. The molecule has 0 aliphatic rings. The van der Waals surface area contributed by atoms with E-state index in [0.29, 0.717) is 23.7 Å². The second-order valence-electron chi connectivity index (χ2n) is 5.35. The molecule has 0 fully saturated rings. The summed E-state index contributed by atoms with van der Waals surface area (Å²) in [5.41, 5.74) is 6.42. The summed E-state index contributed by atoms with van der Waals surface area (Å²) in [6.07, 6.45) is 0.610. The maximum absolute atomic E-state index is 13.3. The second-order valence-corrected chi connectivity index (χ2v) is 5.35. The molecule has 0 saturated carbocycles. The highest BCUT2D eigenvalue weighted by Crippen LogP contribution is 2.25. The van der Waals surface area contributed by atoms with E-state index in [1.165, 1.54) is 19.2 Å². The summed E-state index contributed by atoms with van der Waals surface area (Å²) < 4.78 is 18.5. The molecule has 0 spiro atoms. The Bertz CT molecular complexity index is 469. The smallest absolute Gasteiger partial charge is 0.237 e. The van der Waals surface area contributed by atoms with Crippen molar-refractivity contribution in [2.75, 3.05) is 7.11 Å². The number of methoxy groups -OCH3 is 1. The van der Waals surface area contributed by atoms with Crippen molar-refractivity contribution in [3.63, 3.8) is 0 Å². The van der Waals surface area contributed by atoms with Crippen LogP contribution in [0.5, 0.6) is 5.75 Å². The molecule has 0 aliphatic heterocycles. The molecule has 1 aromatic rings. The lowest BCUT2D eigenvalue weighted by atomic mass is 10.0. The van der Waals surface area contributed by atoms with Gasteiger partial charge in [0.15, 0.2) is 0 Å². The van der Waals surface area contributed by atoms with Crippen LogP contribution in [0.1, 0.15) is 38.8 Å². The maximum atomic E-state index is 13.3. The summed E-state index contributed by atoms with van der Waals surface area (Å²) in [4.78, 5) is 12.0. The molecular formula is C15H24ClFN2O2. The van der Waals surface area contributed by atoms with Gasteiger partial charge in [-0.25, -0.2) is 4.39 Å². The zero-order valence-corrected chi connectivity index (χ0v) is 13.7. The fourth-order valence-corrected chi connectivity index (χ4v) is 2.06. The predicted octanol–water partition coefficient (Wildman–Crippen LogP) is 2.81. The quantitative estimate of drug-likeness (QED) is 0.847. The number of nitrogens with one attached hydrogen (secondary N) is 1. The van der Waals surface area contributed by atoms with Gasteiger partial charge in [-0.2, -0.15) is 0 Å². The number of halogens is 2. The zero-order valence-electron chi connectivity index (χ0n) is 12.9. The summed E-state index contributed by atoms with van der Waals surface area (Å²) in [5, 5.41) is 2.79. The molecule has 2 atom stereocenters. The number of carbonyl (C=O) groups is 1. The van der Waals surface area contributed by atoms with Crippen molar-refractivity contribution in [1.29, 1.82) is 0 Å². The lowest BCUT2D eigenvalue weighted by Gasteiger charge is -2.20. The minimum absolute atomic E-state index is 0. The average molecular weight is 319 g/mol.